The number of phosphoric acid groups is 1. The van der Waals surface area contributed by atoms with E-state index in [1.807, 2.05) is 0 Å². The third kappa shape index (κ3) is 11.6. The highest BCUT2D eigenvalue weighted by Crippen LogP contribution is 2.52. The maximum atomic E-state index is 12.0. The first-order chi connectivity index (χ1) is 11.0. The number of quaternary nitrogens is 1. The van der Waals surface area contributed by atoms with E-state index < -0.39 is 7.82 Å². The first-order valence-corrected chi connectivity index (χ1v) is 11.0. The summed E-state index contributed by atoms with van der Waals surface area (Å²) >= 11 is 0. The van der Waals surface area contributed by atoms with E-state index in [0.717, 1.165) is 0 Å². The molecule has 0 aromatic carbocycles. The van der Waals surface area contributed by atoms with Gasteiger partial charge in [0.25, 0.3) is 0 Å². The minimum Gasteiger partial charge on any atom is -0.326 e. The Morgan fingerprint density at radius 3 is 1.54 bits per heavy atom. The van der Waals surface area contributed by atoms with Crippen molar-refractivity contribution in [2.24, 2.45) is 0 Å². The Morgan fingerprint density at radius 2 is 1.25 bits per heavy atom. The highest BCUT2D eigenvalue weighted by atomic mass is 31.2. The maximum Gasteiger partial charge on any atom is 0.475 e. The Balaban J connectivity index is 0.000000463. The zero-order valence-electron chi connectivity index (χ0n) is 17.2. The van der Waals surface area contributed by atoms with E-state index >= 15 is 0 Å². The number of unbranched alkanes of at least 4 members (excludes halogenated alkanes) is 1. The van der Waals surface area contributed by atoms with E-state index in [0.29, 0.717) is 0 Å². The van der Waals surface area contributed by atoms with Crippen LogP contribution in [0.3, 0.4) is 0 Å². The van der Waals surface area contributed by atoms with Gasteiger partial charge in [-0.1, -0.05) is 13.3 Å². The molecule has 0 amide bonds. The first kappa shape index (κ1) is 24.1. The van der Waals surface area contributed by atoms with Crippen LogP contribution in [0.25, 0.3) is 0 Å². The molecule has 0 aliphatic carbocycles. The molecular formula is C18H41NO4P+. The number of hydrogen-bond donors (Lipinski definition) is 0. The first-order valence-electron chi connectivity index (χ1n) is 9.50. The molecular weight excluding hydrogens is 325 g/mol. The van der Waals surface area contributed by atoms with E-state index in [2.05, 4.69) is 14.0 Å². The van der Waals surface area contributed by atoms with Gasteiger partial charge in [0, 0.05) is 12.8 Å². The van der Waals surface area contributed by atoms with Gasteiger partial charge in [0.2, 0.25) is 0 Å². The van der Waals surface area contributed by atoms with Crippen LogP contribution in [0.15, 0.2) is 0 Å². The van der Waals surface area contributed by atoms with Crippen molar-refractivity contribution in [3.63, 3.8) is 0 Å². The van der Waals surface area contributed by atoms with Crippen molar-refractivity contribution in [3.05, 3.63) is 0 Å². The number of rotatable bonds is 9. The van der Waals surface area contributed by atoms with Gasteiger partial charge < -0.3 is 4.48 Å². The molecule has 0 aromatic rings. The van der Waals surface area contributed by atoms with Crippen LogP contribution >= 0.6 is 7.82 Å². The number of likely N-dealkylation sites (tertiary alicyclic amines) is 1. The molecule has 1 aliphatic rings. The van der Waals surface area contributed by atoms with Crippen LogP contribution < -0.4 is 0 Å². The van der Waals surface area contributed by atoms with Crippen LogP contribution in [0, 0.1) is 0 Å². The third-order valence-electron chi connectivity index (χ3n) is 3.72. The predicted octanol–water partition coefficient (Wildman–Crippen LogP) is 5.40. The fraction of sp³-hybridized carbons (Fsp3) is 1.00. The third-order valence-corrected chi connectivity index (χ3v) is 5.76. The molecule has 1 aliphatic heterocycles. The van der Waals surface area contributed by atoms with E-state index in [1.54, 1.807) is 41.5 Å². The van der Waals surface area contributed by atoms with Gasteiger partial charge in [0.15, 0.2) is 0 Å². The van der Waals surface area contributed by atoms with Gasteiger partial charge in [-0.05, 0) is 48.0 Å². The summed E-state index contributed by atoms with van der Waals surface area (Å²) in [5.74, 6) is 0. The molecule has 0 saturated carbocycles. The van der Waals surface area contributed by atoms with E-state index in [9.17, 15) is 4.57 Å². The molecule has 0 aromatic heterocycles. The van der Waals surface area contributed by atoms with Crippen molar-refractivity contribution < 1.29 is 22.6 Å². The lowest BCUT2D eigenvalue weighted by Gasteiger charge is -2.28. The second-order valence-corrected chi connectivity index (χ2v) is 9.29. The summed E-state index contributed by atoms with van der Waals surface area (Å²) < 4.78 is 28.8. The lowest BCUT2D eigenvalue weighted by Crippen LogP contribution is -2.41. The molecule has 6 heteroatoms. The van der Waals surface area contributed by atoms with Crippen molar-refractivity contribution >= 4 is 7.82 Å². The summed E-state index contributed by atoms with van der Waals surface area (Å²) in [6.07, 6.45) is 5.14. The van der Waals surface area contributed by atoms with Gasteiger partial charge >= 0.3 is 7.82 Å². The Bertz CT molecular complexity index is 333. The van der Waals surface area contributed by atoms with Crippen molar-refractivity contribution in [1.82, 2.24) is 0 Å². The highest BCUT2D eigenvalue weighted by Gasteiger charge is 2.30. The zero-order valence-corrected chi connectivity index (χ0v) is 18.1. The second-order valence-electron chi connectivity index (χ2n) is 7.76. The van der Waals surface area contributed by atoms with Crippen molar-refractivity contribution in [2.45, 2.75) is 92.5 Å². The summed E-state index contributed by atoms with van der Waals surface area (Å²) in [5.41, 5.74) is 0. The van der Waals surface area contributed by atoms with Gasteiger partial charge in [-0.15, -0.1) is 0 Å². The van der Waals surface area contributed by atoms with Crippen molar-refractivity contribution in [2.75, 3.05) is 26.7 Å². The van der Waals surface area contributed by atoms with Crippen molar-refractivity contribution in [3.8, 4) is 0 Å². The zero-order chi connectivity index (χ0) is 18.8. The Morgan fingerprint density at radius 1 is 0.875 bits per heavy atom. The van der Waals surface area contributed by atoms with Gasteiger partial charge in [-0.2, -0.15) is 0 Å². The summed E-state index contributed by atoms with van der Waals surface area (Å²) in [4.78, 5) is 0. The Hall–Kier alpha value is 0.0700. The van der Waals surface area contributed by atoms with Gasteiger partial charge in [0.05, 0.1) is 45.0 Å². The van der Waals surface area contributed by atoms with Crippen LogP contribution in [0.4, 0.5) is 0 Å². The van der Waals surface area contributed by atoms with Crippen molar-refractivity contribution in [1.29, 1.82) is 0 Å². The normalized spacial score (nSPS) is 17.5. The largest absolute Gasteiger partial charge is 0.475 e. The molecule has 146 valence electrons. The van der Waals surface area contributed by atoms with Crippen LogP contribution in [-0.2, 0) is 18.1 Å². The monoisotopic (exact) mass is 366 g/mol. The fourth-order valence-electron chi connectivity index (χ4n) is 2.71. The summed E-state index contributed by atoms with van der Waals surface area (Å²) in [6.45, 7) is 17.3. The molecule has 0 bridgehead atoms. The van der Waals surface area contributed by atoms with Crippen LogP contribution in [0.2, 0.25) is 0 Å². The average Bonchev–Trinajstić information content (AvgIpc) is 2.81. The smallest absolute Gasteiger partial charge is 0.326 e. The number of hydrogen-bond acceptors (Lipinski definition) is 4. The molecule has 1 heterocycles. The SMILES string of the molecule is CC(C)OP(=O)(OC(C)C)OC(C)C.CCCC[N+]1(C)CCCC1. The molecule has 1 fully saturated rings. The molecule has 5 nitrogen and oxygen atoms in total. The molecule has 1 saturated heterocycles. The van der Waals surface area contributed by atoms with Gasteiger partial charge in [-0.3, -0.25) is 13.6 Å². The minimum atomic E-state index is -3.39. The molecule has 0 radical (unpaired) electrons. The van der Waals surface area contributed by atoms with E-state index in [4.69, 9.17) is 13.6 Å². The lowest BCUT2D eigenvalue weighted by atomic mass is 10.3. The standard InChI is InChI=1S/C9H20N.C9H21O4P/c1-3-4-7-10(2)8-5-6-9-10;1-7(2)11-14(10,12-8(3)4)13-9(5)6/h3-9H2,1-2H3;7-9H,1-6H3/q+1;. The topological polar surface area (TPSA) is 44.8 Å². The molecule has 24 heavy (non-hydrogen) atoms. The number of nitrogens with zero attached hydrogens (tertiary/aromatic N) is 1. The molecule has 1 rings (SSSR count). The Kier molecular flexibility index (Phi) is 11.7. The highest BCUT2D eigenvalue weighted by molar-refractivity contribution is 7.48. The van der Waals surface area contributed by atoms with Crippen LogP contribution in [0.5, 0.6) is 0 Å². The summed E-state index contributed by atoms with van der Waals surface area (Å²) in [6, 6.07) is 0. The van der Waals surface area contributed by atoms with Crippen LogP contribution in [0.1, 0.15) is 74.1 Å². The Labute approximate surface area is 150 Å². The molecule has 0 unspecified atom stereocenters. The predicted molar refractivity (Wildman–Crippen MR) is 101 cm³/mol. The average molecular weight is 367 g/mol. The second kappa shape index (κ2) is 11.6. The molecule has 0 spiro atoms. The number of phosphoric ester groups is 1. The van der Waals surface area contributed by atoms with Gasteiger partial charge in [-0.25, -0.2) is 4.57 Å². The lowest BCUT2D eigenvalue weighted by molar-refractivity contribution is -0.897. The summed E-state index contributed by atoms with van der Waals surface area (Å²) in [7, 11) is -0.982. The molecule has 0 N–H and O–H groups in total. The fourth-order valence-corrected chi connectivity index (χ4v) is 4.41. The van der Waals surface area contributed by atoms with Gasteiger partial charge in [0.1, 0.15) is 0 Å². The quantitative estimate of drug-likeness (QED) is 0.405. The minimum absolute atomic E-state index is 0.182. The van der Waals surface area contributed by atoms with E-state index in [1.165, 1.54) is 49.8 Å². The maximum absolute atomic E-state index is 12.0. The van der Waals surface area contributed by atoms with E-state index in [-0.39, 0.29) is 18.3 Å². The summed E-state index contributed by atoms with van der Waals surface area (Å²) in [5, 5.41) is 0. The molecule has 0 atom stereocenters. The van der Waals surface area contributed by atoms with Crippen LogP contribution in [-0.4, -0.2) is 49.5 Å².